The van der Waals surface area contributed by atoms with E-state index in [4.69, 9.17) is 10.5 Å². The van der Waals surface area contributed by atoms with Crippen LogP contribution in [0.3, 0.4) is 0 Å². The molecule has 1 unspecified atom stereocenters. The van der Waals surface area contributed by atoms with E-state index in [-0.39, 0.29) is 22.3 Å². The van der Waals surface area contributed by atoms with Gasteiger partial charge in [-0.15, -0.1) is 0 Å². The van der Waals surface area contributed by atoms with Crippen LogP contribution in [0.25, 0.3) is 0 Å². The molecule has 0 aliphatic carbocycles. The van der Waals surface area contributed by atoms with Gasteiger partial charge < -0.3 is 10.5 Å². The van der Waals surface area contributed by atoms with E-state index < -0.39 is 15.8 Å². The molecular formula is C14H23FN2O3S. The number of methoxy groups -OCH3 is 1. The highest BCUT2D eigenvalue weighted by Crippen LogP contribution is 2.30. The Morgan fingerprint density at radius 1 is 1.38 bits per heavy atom. The van der Waals surface area contributed by atoms with Crippen LogP contribution in [0.2, 0.25) is 0 Å². The number of nitrogens with zero attached hydrogens (tertiary/aromatic N) is 1. The van der Waals surface area contributed by atoms with Crippen molar-refractivity contribution in [3.63, 3.8) is 0 Å². The van der Waals surface area contributed by atoms with Crippen LogP contribution in [0.5, 0.6) is 5.75 Å². The first kappa shape index (κ1) is 17.7. The molecule has 0 spiro atoms. The molecule has 0 fully saturated rings. The lowest BCUT2D eigenvalue weighted by molar-refractivity contribution is 0.361. The van der Waals surface area contributed by atoms with Crippen LogP contribution < -0.4 is 10.5 Å². The van der Waals surface area contributed by atoms with Gasteiger partial charge in [0.25, 0.3) is 0 Å². The number of nitrogens with two attached hydrogens (primary N) is 1. The van der Waals surface area contributed by atoms with E-state index in [0.717, 1.165) is 12.5 Å². The smallest absolute Gasteiger partial charge is 0.243 e. The summed E-state index contributed by atoms with van der Waals surface area (Å²) in [6.07, 6.45) is 0.866. The van der Waals surface area contributed by atoms with E-state index in [1.54, 1.807) is 6.92 Å². The molecule has 5 nitrogen and oxygen atoms in total. The second-order valence-electron chi connectivity index (χ2n) is 5.00. The minimum Gasteiger partial charge on any atom is -0.492 e. The van der Waals surface area contributed by atoms with Crippen LogP contribution in [0.1, 0.15) is 27.2 Å². The highest BCUT2D eigenvalue weighted by Gasteiger charge is 2.26. The van der Waals surface area contributed by atoms with Crippen LogP contribution in [0.4, 0.5) is 10.1 Å². The summed E-state index contributed by atoms with van der Waals surface area (Å²) >= 11 is 0. The Morgan fingerprint density at radius 2 is 2.00 bits per heavy atom. The number of hydrogen-bond acceptors (Lipinski definition) is 4. The molecular weight excluding hydrogens is 295 g/mol. The Labute approximate surface area is 125 Å². The van der Waals surface area contributed by atoms with Gasteiger partial charge in [-0.25, -0.2) is 12.8 Å². The van der Waals surface area contributed by atoms with Crippen LogP contribution in [0.15, 0.2) is 17.0 Å². The van der Waals surface area contributed by atoms with Crippen LogP contribution >= 0.6 is 0 Å². The maximum absolute atomic E-state index is 13.8. The normalized spacial score (nSPS) is 13.4. The number of hydrogen-bond donors (Lipinski definition) is 1. The standard InChI is InChI=1S/C14H23FN2O3S/c1-5-10(3)9-17(6-2)21(18,19)11-7-12(15)14(20-4)13(16)8-11/h7-8,10H,5-6,9,16H2,1-4H3. The molecule has 1 rings (SSSR count). The fourth-order valence-corrected chi connectivity index (χ4v) is 3.59. The summed E-state index contributed by atoms with van der Waals surface area (Å²) < 4.78 is 45.2. The molecule has 7 heteroatoms. The Bertz CT molecular complexity index is 567. The predicted molar refractivity (Wildman–Crippen MR) is 81.3 cm³/mol. The van der Waals surface area contributed by atoms with Crippen LogP contribution in [-0.2, 0) is 10.0 Å². The van der Waals surface area contributed by atoms with Gasteiger partial charge in [-0.05, 0) is 18.1 Å². The zero-order valence-corrected chi connectivity index (χ0v) is 13.7. The van der Waals surface area contributed by atoms with Crippen molar-refractivity contribution in [1.82, 2.24) is 4.31 Å². The molecule has 0 aliphatic heterocycles. The molecule has 1 atom stereocenters. The first-order chi connectivity index (χ1) is 9.77. The molecule has 120 valence electrons. The first-order valence-electron chi connectivity index (χ1n) is 6.91. The molecule has 0 bridgehead atoms. The Hall–Kier alpha value is -1.34. The van der Waals surface area contributed by atoms with E-state index in [2.05, 4.69) is 0 Å². The maximum Gasteiger partial charge on any atom is 0.243 e. The third kappa shape index (κ3) is 3.85. The fraction of sp³-hybridized carbons (Fsp3) is 0.571. The van der Waals surface area contributed by atoms with E-state index in [1.807, 2.05) is 13.8 Å². The number of ether oxygens (including phenoxy) is 1. The Kier molecular flexibility index (Phi) is 5.98. The third-order valence-electron chi connectivity index (χ3n) is 3.45. The van der Waals surface area contributed by atoms with Crippen molar-refractivity contribution in [3.05, 3.63) is 17.9 Å². The number of nitrogen functional groups attached to an aromatic ring is 1. The predicted octanol–water partition coefficient (Wildman–Crippen LogP) is 2.47. The van der Waals surface area contributed by atoms with Gasteiger partial charge in [-0.2, -0.15) is 4.31 Å². The van der Waals surface area contributed by atoms with Crippen molar-refractivity contribution in [3.8, 4) is 5.75 Å². The minimum absolute atomic E-state index is 0.0318. The molecule has 0 radical (unpaired) electrons. The van der Waals surface area contributed by atoms with Crippen molar-refractivity contribution >= 4 is 15.7 Å². The Balaban J connectivity index is 3.23. The number of halogens is 1. The monoisotopic (exact) mass is 318 g/mol. The van der Waals surface area contributed by atoms with Gasteiger partial charge in [0.1, 0.15) is 0 Å². The summed E-state index contributed by atoms with van der Waals surface area (Å²) in [5.74, 6) is -0.699. The molecule has 0 aliphatic rings. The van der Waals surface area contributed by atoms with E-state index in [0.29, 0.717) is 13.1 Å². The largest absolute Gasteiger partial charge is 0.492 e. The molecule has 21 heavy (non-hydrogen) atoms. The van der Waals surface area contributed by atoms with E-state index in [1.165, 1.54) is 17.5 Å². The summed E-state index contributed by atoms with van der Waals surface area (Å²) in [4.78, 5) is -0.150. The minimum atomic E-state index is -3.77. The highest BCUT2D eigenvalue weighted by atomic mass is 32.2. The van der Waals surface area contributed by atoms with Gasteiger partial charge in [0, 0.05) is 13.1 Å². The van der Waals surface area contributed by atoms with Gasteiger partial charge in [0.05, 0.1) is 17.7 Å². The molecule has 0 saturated carbocycles. The highest BCUT2D eigenvalue weighted by molar-refractivity contribution is 7.89. The van der Waals surface area contributed by atoms with Crippen molar-refractivity contribution < 1.29 is 17.5 Å². The lowest BCUT2D eigenvalue weighted by Crippen LogP contribution is -2.34. The fourth-order valence-electron chi connectivity index (χ4n) is 1.98. The first-order valence-corrected chi connectivity index (χ1v) is 8.35. The van der Waals surface area contributed by atoms with Gasteiger partial charge in [0.2, 0.25) is 10.0 Å². The maximum atomic E-state index is 13.8. The molecule has 0 amide bonds. The van der Waals surface area contributed by atoms with Gasteiger partial charge >= 0.3 is 0 Å². The molecule has 0 saturated heterocycles. The molecule has 0 heterocycles. The second kappa shape index (κ2) is 7.09. The van der Waals surface area contributed by atoms with Crippen molar-refractivity contribution in [2.45, 2.75) is 32.1 Å². The van der Waals surface area contributed by atoms with Crippen LogP contribution in [0, 0.1) is 11.7 Å². The summed E-state index contributed by atoms with van der Waals surface area (Å²) in [5, 5.41) is 0. The number of benzene rings is 1. The van der Waals surface area contributed by atoms with Crippen molar-refractivity contribution in [1.29, 1.82) is 0 Å². The number of rotatable bonds is 7. The number of anilines is 1. The second-order valence-corrected chi connectivity index (χ2v) is 6.93. The SMILES string of the molecule is CCC(C)CN(CC)S(=O)(=O)c1cc(N)c(OC)c(F)c1. The van der Waals surface area contributed by atoms with E-state index in [9.17, 15) is 12.8 Å². The average Bonchev–Trinajstić information content (AvgIpc) is 2.43. The lowest BCUT2D eigenvalue weighted by atomic mass is 10.1. The zero-order valence-electron chi connectivity index (χ0n) is 12.9. The Morgan fingerprint density at radius 3 is 2.43 bits per heavy atom. The van der Waals surface area contributed by atoms with Gasteiger partial charge in [-0.1, -0.05) is 27.2 Å². The van der Waals surface area contributed by atoms with Crippen molar-refractivity contribution in [2.24, 2.45) is 5.92 Å². The molecule has 1 aromatic carbocycles. The summed E-state index contributed by atoms with van der Waals surface area (Å²) in [6, 6.07) is 2.18. The quantitative estimate of drug-likeness (QED) is 0.784. The zero-order chi connectivity index (χ0) is 16.2. The molecule has 0 aromatic heterocycles. The number of sulfonamides is 1. The molecule has 1 aromatic rings. The topological polar surface area (TPSA) is 72.6 Å². The van der Waals surface area contributed by atoms with Crippen molar-refractivity contribution in [2.75, 3.05) is 25.9 Å². The summed E-state index contributed by atoms with van der Waals surface area (Å²) in [6.45, 7) is 6.43. The summed E-state index contributed by atoms with van der Waals surface area (Å²) in [5.41, 5.74) is 5.62. The lowest BCUT2D eigenvalue weighted by Gasteiger charge is -2.24. The third-order valence-corrected chi connectivity index (χ3v) is 5.37. The average molecular weight is 318 g/mol. The molecule has 2 N–H and O–H groups in total. The van der Waals surface area contributed by atoms with E-state index >= 15 is 0 Å². The summed E-state index contributed by atoms with van der Waals surface area (Å²) in [7, 11) is -2.49. The van der Waals surface area contributed by atoms with Crippen LogP contribution in [-0.4, -0.2) is 32.9 Å². The van der Waals surface area contributed by atoms with Gasteiger partial charge in [-0.3, -0.25) is 0 Å². The van der Waals surface area contributed by atoms with Gasteiger partial charge in [0.15, 0.2) is 11.6 Å².